The van der Waals surface area contributed by atoms with Crippen LogP contribution >= 0.6 is 22.6 Å². The topological polar surface area (TPSA) is 25.2 Å². The lowest BCUT2D eigenvalue weighted by molar-refractivity contribution is 0.493. The molecule has 3 heteroatoms. The smallest absolute Gasteiger partial charge is 0.164 e. The second-order valence-corrected chi connectivity index (χ2v) is 5.18. The highest BCUT2D eigenvalue weighted by atomic mass is 127. The molecule has 0 bridgehead atoms. The van der Waals surface area contributed by atoms with Gasteiger partial charge < -0.3 is 9.73 Å². The fourth-order valence-corrected chi connectivity index (χ4v) is 2.40. The van der Waals surface area contributed by atoms with Crippen LogP contribution in [0.2, 0.25) is 0 Å². The molecule has 3 rings (SSSR count). The molecule has 0 unspecified atom stereocenters. The Labute approximate surface area is 119 Å². The molecule has 0 saturated heterocycles. The molecular formula is C15H12INO. The third kappa shape index (κ3) is 2.51. The SMILES string of the molecule is Ic1ccc(CNc2ccc3ccccc3c2)o1. The van der Waals surface area contributed by atoms with E-state index in [4.69, 9.17) is 4.42 Å². The Morgan fingerprint density at radius 3 is 2.56 bits per heavy atom. The molecule has 0 spiro atoms. The van der Waals surface area contributed by atoms with E-state index in [1.165, 1.54) is 10.8 Å². The highest BCUT2D eigenvalue weighted by Crippen LogP contribution is 2.19. The van der Waals surface area contributed by atoms with Crippen LogP contribution < -0.4 is 5.32 Å². The van der Waals surface area contributed by atoms with E-state index in [1.807, 2.05) is 12.1 Å². The molecular weight excluding hydrogens is 337 g/mol. The van der Waals surface area contributed by atoms with Gasteiger partial charge in [0.05, 0.1) is 6.54 Å². The van der Waals surface area contributed by atoms with E-state index < -0.39 is 0 Å². The normalized spacial score (nSPS) is 10.7. The second kappa shape index (κ2) is 5.02. The molecule has 2 aromatic carbocycles. The minimum atomic E-state index is 0.710. The monoisotopic (exact) mass is 349 g/mol. The summed E-state index contributed by atoms with van der Waals surface area (Å²) in [6.07, 6.45) is 0. The van der Waals surface area contributed by atoms with Gasteiger partial charge in [-0.15, -0.1) is 0 Å². The van der Waals surface area contributed by atoms with Gasteiger partial charge >= 0.3 is 0 Å². The van der Waals surface area contributed by atoms with Crippen LogP contribution in [0.5, 0.6) is 0 Å². The van der Waals surface area contributed by atoms with Gasteiger partial charge in [0.25, 0.3) is 0 Å². The Hall–Kier alpha value is -1.49. The third-order valence-electron chi connectivity index (χ3n) is 2.85. The van der Waals surface area contributed by atoms with E-state index in [-0.39, 0.29) is 0 Å². The summed E-state index contributed by atoms with van der Waals surface area (Å²) >= 11 is 2.17. The zero-order chi connectivity index (χ0) is 12.4. The van der Waals surface area contributed by atoms with E-state index in [1.54, 1.807) is 0 Å². The van der Waals surface area contributed by atoms with E-state index in [0.717, 1.165) is 15.2 Å². The van der Waals surface area contributed by atoms with E-state index in [0.29, 0.717) is 6.54 Å². The number of fused-ring (bicyclic) bond motifs is 1. The van der Waals surface area contributed by atoms with Crippen molar-refractivity contribution in [3.8, 4) is 0 Å². The average Bonchev–Trinajstić information content (AvgIpc) is 2.82. The van der Waals surface area contributed by atoms with Crippen molar-refractivity contribution in [3.63, 3.8) is 0 Å². The summed E-state index contributed by atoms with van der Waals surface area (Å²) < 4.78 is 6.44. The van der Waals surface area contributed by atoms with Gasteiger partial charge in [-0.25, -0.2) is 0 Å². The Kier molecular flexibility index (Phi) is 3.23. The maximum Gasteiger partial charge on any atom is 0.164 e. The van der Waals surface area contributed by atoms with Gasteiger partial charge in [0.2, 0.25) is 0 Å². The molecule has 90 valence electrons. The van der Waals surface area contributed by atoms with Crippen molar-refractivity contribution < 1.29 is 4.42 Å². The van der Waals surface area contributed by atoms with Gasteiger partial charge in [-0.05, 0) is 57.6 Å². The van der Waals surface area contributed by atoms with Gasteiger partial charge in [0.15, 0.2) is 3.77 Å². The molecule has 0 saturated carbocycles. The standard InChI is InChI=1S/C15H12INO/c16-15-8-7-14(18-15)10-17-13-6-5-11-3-1-2-4-12(11)9-13/h1-9,17H,10H2. The van der Waals surface area contributed by atoms with Crippen LogP contribution in [0.25, 0.3) is 10.8 Å². The van der Waals surface area contributed by atoms with Gasteiger partial charge in [-0.1, -0.05) is 30.3 Å². The molecule has 0 aliphatic heterocycles. The molecule has 18 heavy (non-hydrogen) atoms. The Balaban J connectivity index is 1.78. The highest BCUT2D eigenvalue weighted by Gasteiger charge is 2.00. The first-order valence-electron chi connectivity index (χ1n) is 5.78. The van der Waals surface area contributed by atoms with Crippen molar-refractivity contribution in [1.29, 1.82) is 0 Å². The first kappa shape index (κ1) is 11.6. The average molecular weight is 349 g/mol. The highest BCUT2D eigenvalue weighted by molar-refractivity contribution is 14.1. The minimum Gasteiger partial charge on any atom is -0.454 e. The van der Waals surface area contributed by atoms with Gasteiger partial charge in [-0.3, -0.25) is 0 Å². The maximum atomic E-state index is 5.52. The molecule has 3 aromatic rings. The summed E-state index contributed by atoms with van der Waals surface area (Å²) in [6.45, 7) is 0.710. The fraction of sp³-hybridized carbons (Fsp3) is 0.0667. The van der Waals surface area contributed by atoms with Gasteiger partial charge in [-0.2, -0.15) is 0 Å². The lowest BCUT2D eigenvalue weighted by Gasteiger charge is -2.06. The van der Waals surface area contributed by atoms with Crippen molar-refractivity contribution in [2.24, 2.45) is 0 Å². The predicted molar refractivity (Wildman–Crippen MR) is 82.7 cm³/mol. The zero-order valence-electron chi connectivity index (χ0n) is 9.69. The number of hydrogen-bond acceptors (Lipinski definition) is 2. The van der Waals surface area contributed by atoms with Crippen molar-refractivity contribution in [2.75, 3.05) is 5.32 Å². The zero-order valence-corrected chi connectivity index (χ0v) is 11.8. The van der Waals surface area contributed by atoms with Crippen LogP contribution in [-0.2, 0) is 6.54 Å². The van der Waals surface area contributed by atoms with Crippen molar-refractivity contribution in [2.45, 2.75) is 6.54 Å². The predicted octanol–water partition coefficient (Wildman–Crippen LogP) is 4.65. The number of nitrogens with one attached hydrogen (secondary N) is 1. The lowest BCUT2D eigenvalue weighted by atomic mass is 10.1. The molecule has 0 fully saturated rings. The molecule has 0 aliphatic carbocycles. The Bertz CT molecular complexity index is 675. The van der Waals surface area contributed by atoms with Crippen LogP contribution in [0, 0.1) is 3.77 Å². The number of anilines is 1. The van der Waals surface area contributed by atoms with Gasteiger partial charge in [0.1, 0.15) is 5.76 Å². The summed E-state index contributed by atoms with van der Waals surface area (Å²) in [7, 11) is 0. The summed E-state index contributed by atoms with van der Waals surface area (Å²) in [6, 6.07) is 18.7. The second-order valence-electron chi connectivity index (χ2n) is 4.12. The van der Waals surface area contributed by atoms with Crippen molar-refractivity contribution in [1.82, 2.24) is 0 Å². The number of benzene rings is 2. The molecule has 0 atom stereocenters. The number of hydrogen-bond donors (Lipinski definition) is 1. The Morgan fingerprint density at radius 2 is 1.78 bits per heavy atom. The molecule has 1 N–H and O–H groups in total. The fourth-order valence-electron chi connectivity index (χ4n) is 1.94. The van der Waals surface area contributed by atoms with E-state index >= 15 is 0 Å². The molecule has 2 nitrogen and oxygen atoms in total. The quantitative estimate of drug-likeness (QED) is 0.697. The Morgan fingerprint density at radius 1 is 0.944 bits per heavy atom. The molecule has 0 amide bonds. The minimum absolute atomic E-state index is 0.710. The van der Waals surface area contributed by atoms with Crippen LogP contribution in [-0.4, -0.2) is 0 Å². The summed E-state index contributed by atoms with van der Waals surface area (Å²) in [5.74, 6) is 0.951. The number of halogens is 1. The lowest BCUT2D eigenvalue weighted by Crippen LogP contribution is -1.97. The summed E-state index contributed by atoms with van der Waals surface area (Å²) in [5, 5.41) is 5.88. The molecule has 0 radical (unpaired) electrons. The number of rotatable bonds is 3. The molecule has 1 aromatic heterocycles. The van der Waals surface area contributed by atoms with E-state index in [2.05, 4.69) is 70.4 Å². The van der Waals surface area contributed by atoms with Crippen LogP contribution in [0.1, 0.15) is 5.76 Å². The van der Waals surface area contributed by atoms with Crippen LogP contribution in [0.15, 0.2) is 59.0 Å². The summed E-state index contributed by atoms with van der Waals surface area (Å²) in [4.78, 5) is 0. The molecule has 1 heterocycles. The van der Waals surface area contributed by atoms with Gasteiger partial charge in [0, 0.05) is 5.69 Å². The first-order chi connectivity index (χ1) is 8.81. The van der Waals surface area contributed by atoms with Crippen LogP contribution in [0.3, 0.4) is 0 Å². The van der Waals surface area contributed by atoms with Crippen molar-refractivity contribution in [3.05, 3.63) is 64.1 Å². The van der Waals surface area contributed by atoms with E-state index in [9.17, 15) is 0 Å². The van der Waals surface area contributed by atoms with Crippen molar-refractivity contribution >= 4 is 39.1 Å². The largest absolute Gasteiger partial charge is 0.454 e. The summed E-state index contributed by atoms with van der Waals surface area (Å²) in [5.41, 5.74) is 1.11. The van der Waals surface area contributed by atoms with Crippen LogP contribution in [0.4, 0.5) is 5.69 Å². The third-order valence-corrected chi connectivity index (χ3v) is 3.42. The number of furan rings is 1. The molecule has 0 aliphatic rings. The first-order valence-corrected chi connectivity index (χ1v) is 6.86. The maximum absolute atomic E-state index is 5.52.